The summed E-state index contributed by atoms with van der Waals surface area (Å²) >= 11 is 0. The van der Waals surface area contributed by atoms with E-state index < -0.39 is 11.1 Å². The van der Waals surface area contributed by atoms with E-state index in [0.29, 0.717) is 6.42 Å². The average Bonchev–Trinajstić information content (AvgIpc) is 2.46. The van der Waals surface area contributed by atoms with E-state index in [9.17, 15) is 9.59 Å². The summed E-state index contributed by atoms with van der Waals surface area (Å²) in [5.41, 5.74) is -0.983. The van der Waals surface area contributed by atoms with Gasteiger partial charge in [-0.15, -0.1) is 0 Å². The summed E-state index contributed by atoms with van der Waals surface area (Å²) in [5, 5.41) is 2.96. The number of piperazine rings is 1. The zero-order valence-electron chi connectivity index (χ0n) is 13.4. The number of nitrogens with one attached hydrogen (secondary N) is 1. The van der Waals surface area contributed by atoms with Crippen molar-refractivity contribution in [3.8, 4) is 0 Å². The second-order valence-electron chi connectivity index (χ2n) is 6.34. The Hall–Kier alpha value is -1.84. The minimum absolute atomic E-state index is 0.0310. The number of rotatable bonds is 3. The van der Waals surface area contributed by atoms with Gasteiger partial charge in [0.1, 0.15) is 11.1 Å². The highest BCUT2D eigenvalue weighted by atomic mass is 16.2. The van der Waals surface area contributed by atoms with Crippen LogP contribution in [0.2, 0.25) is 0 Å². The lowest BCUT2D eigenvalue weighted by Gasteiger charge is -2.51. The summed E-state index contributed by atoms with van der Waals surface area (Å²) in [6.07, 6.45) is 0.591. The molecule has 2 unspecified atom stereocenters. The Kier molecular flexibility index (Phi) is 3.83. The third kappa shape index (κ3) is 2.23. The lowest BCUT2D eigenvalue weighted by molar-refractivity contribution is -0.165. The monoisotopic (exact) mass is 288 g/mol. The van der Waals surface area contributed by atoms with E-state index in [1.807, 2.05) is 58.0 Å². The number of hydrogen-bond donors (Lipinski definition) is 1. The Bertz CT molecular complexity index is 555. The molecule has 1 aromatic carbocycles. The van der Waals surface area contributed by atoms with E-state index in [1.54, 1.807) is 11.8 Å². The molecule has 0 aromatic heterocycles. The highest BCUT2D eigenvalue weighted by molar-refractivity contribution is 6.02. The lowest BCUT2D eigenvalue weighted by atomic mass is 9.81. The van der Waals surface area contributed by atoms with Gasteiger partial charge in [-0.05, 0) is 39.7 Å². The fourth-order valence-electron chi connectivity index (χ4n) is 3.09. The van der Waals surface area contributed by atoms with Crippen LogP contribution in [0.4, 0.5) is 0 Å². The quantitative estimate of drug-likeness (QED) is 0.928. The molecule has 1 heterocycles. The van der Waals surface area contributed by atoms with Crippen molar-refractivity contribution >= 4 is 11.8 Å². The highest BCUT2D eigenvalue weighted by Crippen LogP contribution is 2.35. The summed E-state index contributed by atoms with van der Waals surface area (Å²) in [6, 6.07) is 9.40. The van der Waals surface area contributed by atoms with Gasteiger partial charge in [-0.1, -0.05) is 37.3 Å². The first-order valence-electron chi connectivity index (χ1n) is 7.49. The normalized spacial score (nSPS) is 29.7. The number of carbonyl (C=O) groups excluding carboxylic acids is 2. The molecule has 1 saturated heterocycles. The predicted molar refractivity (Wildman–Crippen MR) is 82.6 cm³/mol. The van der Waals surface area contributed by atoms with Gasteiger partial charge in [0.15, 0.2) is 0 Å². The number of carbonyl (C=O) groups is 2. The smallest absolute Gasteiger partial charge is 0.253 e. The summed E-state index contributed by atoms with van der Waals surface area (Å²) in [4.78, 5) is 27.5. The maximum atomic E-state index is 13.1. The maximum Gasteiger partial charge on any atom is 0.253 e. The molecule has 1 fully saturated rings. The van der Waals surface area contributed by atoms with Crippen LogP contribution in [0.5, 0.6) is 0 Å². The van der Waals surface area contributed by atoms with Gasteiger partial charge in [0, 0.05) is 6.04 Å². The fourth-order valence-corrected chi connectivity index (χ4v) is 3.09. The standard InChI is InChI=1S/C17H24N2O2/c1-6-16(4)14(20)18-17(5,13-10-8-7-9-11-13)15(21)19(16)12(2)3/h7-12H,6H2,1-5H3,(H,18,20). The van der Waals surface area contributed by atoms with Crippen molar-refractivity contribution in [3.05, 3.63) is 35.9 Å². The Labute approximate surface area is 126 Å². The second kappa shape index (κ2) is 5.17. The maximum absolute atomic E-state index is 13.1. The number of nitrogens with zero attached hydrogens (tertiary/aromatic N) is 1. The number of amides is 2. The van der Waals surface area contributed by atoms with Gasteiger partial charge in [-0.3, -0.25) is 9.59 Å². The molecule has 2 rings (SSSR count). The number of hydrogen-bond acceptors (Lipinski definition) is 2. The van der Waals surface area contributed by atoms with Gasteiger partial charge in [0.25, 0.3) is 5.91 Å². The molecule has 1 aromatic rings. The van der Waals surface area contributed by atoms with Gasteiger partial charge in [-0.25, -0.2) is 0 Å². The van der Waals surface area contributed by atoms with Crippen LogP contribution in [0, 0.1) is 0 Å². The average molecular weight is 288 g/mol. The Morgan fingerprint density at radius 2 is 1.71 bits per heavy atom. The van der Waals surface area contributed by atoms with E-state index in [4.69, 9.17) is 0 Å². The molecule has 1 N–H and O–H groups in total. The molecule has 4 heteroatoms. The highest BCUT2D eigenvalue weighted by Gasteiger charge is 2.55. The summed E-state index contributed by atoms with van der Waals surface area (Å²) < 4.78 is 0. The molecule has 0 bridgehead atoms. The van der Waals surface area contributed by atoms with Crippen LogP contribution in [0.15, 0.2) is 30.3 Å². The molecule has 0 radical (unpaired) electrons. The zero-order valence-corrected chi connectivity index (χ0v) is 13.4. The Morgan fingerprint density at radius 3 is 2.19 bits per heavy atom. The molecule has 1 aliphatic heterocycles. The van der Waals surface area contributed by atoms with E-state index in [0.717, 1.165) is 5.56 Å². The van der Waals surface area contributed by atoms with Gasteiger partial charge < -0.3 is 10.2 Å². The van der Waals surface area contributed by atoms with Crippen LogP contribution in [-0.4, -0.2) is 28.3 Å². The molecular formula is C17H24N2O2. The Balaban J connectivity index is 2.54. The molecule has 0 spiro atoms. The van der Waals surface area contributed by atoms with Crippen LogP contribution >= 0.6 is 0 Å². The lowest BCUT2D eigenvalue weighted by Crippen LogP contribution is -2.73. The van der Waals surface area contributed by atoms with Crippen LogP contribution in [0.3, 0.4) is 0 Å². The number of benzene rings is 1. The van der Waals surface area contributed by atoms with Gasteiger partial charge >= 0.3 is 0 Å². The SMILES string of the molecule is CCC1(C)C(=O)NC(C)(c2ccccc2)C(=O)N1C(C)C. The van der Waals surface area contributed by atoms with Crippen molar-refractivity contribution in [3.63, 3.8) is 0 Å². The first kappa shape index (κ1) is 15.5. The van der Waals surface area contributed by atoms with Crippen molar-refractivity contribution in [2.24, 2.45) is 0 Å². The van der Waals surface area contributed by atoms with Crippen LogP contribution in [-0.2, 0) is 15.1 Å². The third-order valence-electron chi connectivity index (χ3n) is 4.59. The predicted octanol–water partition coefficient (Wildman–Crippen LogP) is 2.44. The molecule has 114 valence electrons. The van der Waals surface area contributed by atoms with Crippen LogP contribution in [0.1, 0.15) is 46.6 Å². The van der Waals surface area contributed by atoms with Crippen molar-refractivity contribution in [2.75, 3.05) is 0 Å². The minimum atomic E-state index is -1.00. The van der Waals surface area contributed by atoms with Crippen LogP contribution in [0.25, 0.3) is 0 Å². The molecule has 0 saturated carbocycles. The molecule has 21 heavy (non-hydrogen) atoms. The topological polar surface area (TPSA) is 49.4 Å². The first-order valence-corrected chi connectivity index (χ1v) is 7.49. The van der Waals surface area contributed by atoms with Gasteiger partial charge in [0.05, 0.1) is 0 Å². The zero-order chi connectivity index (χ0) is 15.8. The Morgan fingerprint density at radius 1 is 1.14 bits per heavy atom. The van der Waals surface area contributed by atoms with Crippen molar-refractivity contribution in [1.82, 2.24) is 10.2 Å². The van der Waals surface area contributed by atoms with E-state index in [2.05, 4.69) is 5.32 Å². The van der Waals surface area contributed by atoms with E-state index >= 15 is 0 Å². The second-order valence-corrected chi connectivity index (χ2v) is 6.34. The van der Waals surface area contributed by atoms with Gasteiger partial charge in [0.2, 0.25) is 5.91 Å². The fraction of sp³-hybridized carbons (Fsp3) is 0.529. The molecule has 2 atom stereocenters. The van der Waals surface area contributed by atoms with Crippen molar-refractivity contribution in [1.29, 1.82) is 0 Å². The van der Waals surface area contributed by atoms with Crippen molar-refractivity contribution < 1.29 is 9.59 Å². The molecular weight excluding hydrogens is 264 g/mol. The summed E-state index contributed by atoms with van der Waals surface area (Å²) in [7, 11) is 0. The van der Waals surface area contributed by atoms with Gasteiger partial charge in [-0.2, -0.15) is 0 Å². The first-order chi connectivity index (χ1) is 9.77. The minimum Gasteiger partial charge on any atom is -0.336 e. The molecule has 4 nitrogen and oxygen atoms in total. The molecule has 1 aliphatic rings. The molecule has 2 amide bonds. The summed E-state index contributed by atoms with van der Waals surface area (Å²) in [6.45, 7) is 9.47. The van der Waals surface area contributed by atoms with Crippen LogP contribution < -0.4 is 5.32 Å². The third-order valence-corrected chi connectivity index (χ3v) is 4.59. The van der Waals surface area contributed by atoms with E-state index in [1.165, 1.54) is 0 Å². The largest absolute Gasteiger partial charge is 0.336 e. The van der Waals surface area contributed by atoms with Crippen molar-refractivity contribution in [2.45, 2.75) is 58.2 Å². The molecule has 0 aliphatic carbocycles. The summed E-state index contributed by atoms with van der Waals surface area (Å²) in [5.74, 6) is -0.141. The van der Waals surface area contributed by atoms with E-state index in [-0.39, 0.29) is 17.9 Å².